The number of pyridine rings is 1. The fourth-order valence-electron chi connectivity index (χ4n) is 4.52. The Hall–Kier alpha value is -3.58. The van der Waals surface area contributed by atoms with E-state index < -0.39 is 11.8 Å². The number of aromatic nitrogens is 1. The molecule has 36 heavy (non-hydrogen) atoms. The van der Waals surface area contributed by atoms with Gasteiger partial charge in [-0.1, -0.05) is 52.3 Å². The third-order valence-corrected chi connectivity index (χ3v) is 6.85. The normalized spacial score (nSPS) is 11.9. The molecule has 0 aliphatic heterocycles. The topological polar surface area (TPSA) is 79.3 Å². The Labute approximate surface area is 217 Å². The highest BCUT2D eigenvalue weighted by atomic mass is 79.9. The van der Waals surface area contributed by atoms with E-state index in [0.717, 1.165) is 26.9 Å². The second-order valence-corrected chi connectivity index (χ2v) is 9.74. The summed E-state index contributed by atoms with van der Waals surface area (Å²) in [6.07, 6.45) is 0.190. The first-order valence-electron chi connectivity index (χ1n) is 11.7. The van der Waals surface area contributed by atoms with Crippen LogP contribution in [0.4, 0.5) is 4.39 Å². The minimum absolute atomic E-state index is 0.0845. The summed E-state index contributed by atoms with van der Waals surface area (Å²) in [4.78, 5) is 29.8. The van der Waals surface area contributed by atoms with Crippen LogP contribution >= 0.6 is 15.9 Å². The summed E-state index contributed by atoms with van der Waals surface area (Å²) in [5.74, 6) is -1.97. The minimum Gasteiger partial charge on any atom is -0.481 e. The quantitative estimate of drug-likeness (QED) is 0.254. The number of carboxylic acid groups (broad SMARTS) is 1. The van der Waals surface area contributed by atoms with Crippen LogP contribution in [0.2, 0.25) is 0 Å². The van der Waals surface area contributed by atoms with E-state index in [-0.39, 0.29) is 31.2 Å². The molecule has 3 aromatic carbocycles. The lowest BCUT2D eigenvalue weighted by Gasteiger charge is -2.21. The molecule has 4 rings (SSSR count). The molecule has 7 heteroatoms. The van der Waals surface area contributed by atoms with Crippen molar-refractivity contribution < 1.29 is 19.1 Å². The van der Waals surface area contributed by atoms with Gasteiger partial charge >= 0.3 is 5.97 Å². The van der Waals surface area contributed by atoms with E-state index in [2.05, 4.69) is 21.2 Å². The Bertz CT molecular complexity index is 1440. The van der Waals surface area contributed by atoms with E-state index >= 15 is 0 Å². The average molecular weight is 549 g/mol. The minimum atomic E-state index is -0.936. The van der Waals surface area contributed by atoms with Gasteiger partial charge < -0.3 is 10.4 Å². The van der Waals surface area contributed by atoms with Gasteiger partial charge in [0, 0.05) is 34.3 Å². The molecule has 184 valence electrons. The SMILES string of the molecule is Cc1ccc(F)cc1[C@H](CCC(=O)O)CNC(=O)c1c(C)c(-c2ccccc2)nc2ccc(Br)cc12. The van der Waals surface area contributed by atoms with Gasteiger partial charge in [-0.2, -0.15) is 0 Å². The number of carboxylic acids is 1. The van der Waals surface area contributed by atoms with Crippen molar-refractivity contribution >= 4 is 38.7 Å². The summed E-state index contributed by atoms with van der Waals surface area (Å²) in [6, 6.07) is 19.8. The number of rotatable bonds is 8. The smallest absolute Gasteiger partial charge is 0.303 e. The lowest BCUT2D eigenvalue weighted by Crippen LogP contribution is -2.30. The monoisotopic (exact) mass is 548 g/mol. The number of nitrogens with one attached hydrogen (secondary N) is 1. The van der Waals surface area contributed by atoms with Crippen molar-refractivity contribution in [1.29, 1.82) is 0 Å². The van der Waals surface area contributed by atoms with Crippen LogP contribution in [-0.4, -0.2) is 28.5 Å². The molecular weight excluding hydrogens is 523 g/mol. The largest absolute Gasteiger partial charge is 0.481 e. The lowest BCUT2D eigenvalue weighted by molar-refractivity contribution is -0.137. The van der Waals surface area contributed by atoms with Gasteiger partial charge in [-0.25, -0.2) is 9.37 Å². The molecule has 1 atom stereocenters. The van der Waals surface area contributed by atoms with Gasteiger partial charge in [0.1, 0.15) is 5.82 Å². The first kappa shape index (κ1) is 25.5. The maximum atomic E-state index is 14.0. The number of hydrogen-bond donors (Lipinski definition) is 2. The van der Waals surface area contributed by atoms with Crippen LogP contribution < -0.4 is 5.32 Å². The van der Waals surface area contributed by atoms with E-state index in [0.29, 0.717) is 22.0 Å². The Balaban J connectivity index is 1.72. The zero-order valence-electron chi connectivity index (χ0n) is 20.0. The van der Waals surface area contributed by atoms with Crippen molar-refractivity contribution in [3.05, 3.63) is 99.3 Å². The van der Waals surface area contributed by atoms with Crippen LogP contribution in [0.3, 0.4) is 0 Å². The standard InChI is InChI=1S/C29H26BrFN2O3/c1-17-8-11-22(31)15-23(17)20(9-13-26(34)35)16-32-29(36)27-18(2)28(19-6-4-3-5-7-19)33-25-12-10-21(30)14-24(25)27/h3-8,10-12,14-15,20H,9,13,16H2,1-2H3,(H,32,36)(H,34,35)/t20-/m1/s1. The van der Waals surface area contributed by atoms with Gasteiger partial charge in [-0.05, 0) is 67.3 Å². The molecule has 1 amide bonds. The van der Waals surface area contributed by atoms with Gasteiger partial charge in [0.2, 0.25) is 0 Å². The number of carbonyl (C=O) groups excluding carboxylic acids is 1. The number of carbonyl (C=O) groups is 2. The molecule has 0 aliphatic rings. The predicted octanol–water partition coefficient (Wildman–Crippen LogP) is 6.80. The Kier molecular flexibility index (Phi) is 7.79. The zero-order chi connectivity index (χ0) is 25.8. The molecule has 0 saturated carbocycles. The van der Waals surface area contributed by atoms with E-state index in [1.807, 2.05) is 62.4 Å². The summed E-state index contributed by atoms with van der Waals surface area (Å²) in [7, 11) is 0. The Morgan fingerprint density at radius 2 is 1.81 bits per heavy atom. The Morgan fingerprint density at radius 3 is 2.53 bits per heavy atom. The molecule has 2 N–H and O–H groups in total. The number of aryl methyl sites for hydroxylation is 1. The van der Waals surface area contributed by atoms with Crippen molar-refractivity contribution in [1.82, 2.24) is 10.3 Å². The van der Waals surface area contributed by atoms with Crippen LogP contribution in [0, 0.1) is 19.7 Å². The molecule has 1 heterocycles. The van der Waals surface area contributed by atoms with Crippen LogP contribution in [-0.2, 0) is 4.79 Å². The third kappa shape index (κ3) is 5.62. The Morgan fingerprint density at radius 1 is 1.06 bits per heavy atom. The molecule has 1 aromatic heterocycles. The van der Waals surface area contributed by atoms with Crippen LogP contribution in [0.1, 0.15) is 45.8 Å². The number of benzene rings is 3. The van der Waals surface area contributed by atoms with Gasteiger partial charge in [-0.3, -0.25) is 9.59 Å². The average Bonchev–Trinajstić information content (AvgIpc) is 2.85. The molecule has 0 fully saturated rings. The fraction of sp³-hybridized carbons (Fsp3) is 0.207. The zero-order valence-corrected chi connectivity index (χ0v) is 21.6. The van der Waals surface area contributed by atoms with Gasteiger partial charge in [0.05, 0.1) is 16.8 Å². The highest BCUT2D eigenvalue weighted by Gasteiger charge is 2.22. The predicted molar refractivity (Wildman–Crippen MR) is 143 cm³/mol. The van der Waals surface area contributed by atoms with Gasteiger partial charge in [0.15, 0.2) is 0 Å². The molecule has 0 spiro atoms. The van der Waals surface area contributed by atoms with E-state index in [1.54, 1.807) is 6.07 Å². The van der Waals surface area contributed by atoms with E-state index in [4.69, 9.17) is 4.98 Å². The van der Waals surface area contributed by atoms with Crippen LogP contribution in [0.15, 0.2) is 71.2 Å². The summed E-state index contributed by atoms with van der Waals surface area (Å²) >= 11 is 3.49. The van der Waals surface area contributed by atoms with Crippen LogP contribution in [0.25, 0.3) is 22.2 Å². The fourth-order valence-corrected chi connectivity index (χ4v) is 4.88. The molecule has 5 nitrogen and oxygen atoms in total. The number of hydrogen-bond acceptors (Lipinski definition) is 3. The van der Waals surface area contributed by atoms with E-state index in [9.17, 15) is 19.1 Å². The number of aliphatic carboxylic acids is 1. The highest BCUT2D eigenvalue weighted by molar-refractivity contribution is 9.10. The molecule has 4 aromatic rings. The molecule has 0 saturated heterocycles. The summed E-state index contributed by atoms with van der Waals surface area (Å²) in [5.41, 5.74) is 5.11. The van der Waals surface area contributed by atoms with Crippen LogP contribution in [0.5, 0.6) is 0 Å². The second-order valence-electron chi connectivity index (χ2n) is 8.83. The number of amides is 1. The summed E-state index contributed by atoms with van der Waals surface area (Å²) < 4.78 is 14.9. The van der Waals surface area contributed by atoms with Crippen molar-refractivity contribution in [2.24, 2.45) is 0 Å². The molecule has 0 unspecified atom stereocenters. The summed E-state index contributed by atoms with van der Waals surface area (Å²) in [6.45, 7) is 3.91. The highest BCUT2D eigenvalue weighted by Crippen LogP contribution is 2.32. The van der Waals surface area contributed by atoms with Crippen molar-refractivity contribution in [3.63, 3.8) is 0 Å². The maximum Gasteiger partial charge on any atom is 0.303 e. The van der Waals surface area contributed by atoms with Gasteiger partial charge in [-0.15, -0.1) is 0 Å². The van der Waals surface area contributed by atoms with E-state index in [1.165, 1.54) is 12.1 Å². The lowest BCUT2D eigenvalue weighted by atomic mass is 9.90. The molecular formula is C29H26BrFN2O3. The molecule has 0 bridgehead atoms. The van der Waals surface area contributed by atoms with Crippen molar-refractivity contribution in [2.45, 2.75) is 32.6 Å². The number of fused-ring (bicyclic) bond motifs is 1. The molecule has 0 aliphatic carbocycles. The summed E-state index contributed by atoms with van der Waals surface area (Å²) in [5, 5.41) is 12.9. The maximum absolute atomic E-state index is 14.0. The van der Waals surface area contributed by atoms with Crippen molar-refractivity contribution in [3.8, 4) is 11.3 Å². The van der Waals surface area contributed by atoms with Crippen molar-refractivity contribution in [2.75, 3.05) is 6.54 Å². The molecule has 0 radical (unpaired) electrons. The first-order chi connectivity index (χ1) is 17.2. The second kappa shape index (κ2) is 11.0. The number of nitrogens with zero attached hydrogens (tertiary/aromatic N) is 1. The number of halogens is 2. The third-order valence-electron chi connectivity index (χ3n) is 6.36. The van der Waals surface area contributed by atoms with Gasteiger partial charge in [0.25, 0.3) is 5.91 Å². The first-order valence-corrected chi connectivity index (χ1v) is 12.4.